The molecule has 27 heavy (non-hydrogen) atoms. The van der Waals surface area contributed by atoms with Gasteiger partial charge in [0.2, 0.25) is 5.95 Å². The predicted octanol–water partition coefficient (Wildman–Crippen LogP) is 3.23. The molecule has 0 spiro atoms. The summed E-state index contributed by atoms with van der Waals surface area (Å²) >= 11 is 0. The zero-order valence-corrected chi connectivity index (χ0v) is 15.9. The Kier molecular flexibility index (Phi) is 5.00. The molecule has 0 unspecified atom stereocenters. The Morgan fingerprint density at radius 2 is 1.63 bits per heavy atom. The Morgan fingerprint density at radius 3 is 2.26 bits per heavy atom. The van der Waals surface area contributed by atoms with Gasteiger partial charge in [0, 0.05) is 17.3 Å². The van der Waals surface area contributed by atoms with Crippen LogP contribution in [0.5, 0.6) is 0 Å². The maximum absolute atomic E-state index is 12.6. The van der Waals surface area contributed by atoms with Crippen LogP contribution in [0.3, 0.4) is 0 Å². The number of hydrogen-bond donors (Lipinski definition) is 3. The van der Waals surface area contributed by atoms with Crippen LogP contribution in [0, 0.1) is 0 Å². The molecule has 0 aliphatic rings. The molecule has 0 atom stereocenters. The monoisotopic (exact) mass is 383 g/mol. The van der Waals surface area contributed by atoms with Gasteiger partial charge in [0.15, 0.2) is 9.84 Å². The maximum atomic E-state index is 12.6. The summed E-state index contributed by atoms with van der Waals surface area (Å²) in [6, 6.07) is 15.9. The topological polar surface area (TPSA) is 124 Å². The molecule has 7 nitrogen and oxygen atoms in total. The average molecular weight is 383 g/mol. The van der Waals surface area contributed by atoms with Crippen molar-refractivity contribution in [2.75, 3.05) is 16.8 Å². The van der Waals surface area contributed by atoms with Crippen molar-refractivity contribution in [3.8, 4) is 11.3 Å². The summed E-state index contributed by atoms with van der Waals surface area (Å²) in [7, 11) is -3.40. The normalized spacial score (nSPS) is 11.5. The molecule has 0 saturated carbocycles. The van der Waals surface area contributed by atoms with Gasteiger partial charge in [-0.3, -0.25) is 0 Å². The quantitative estimate of drug-likeness (QED) is 0.618. The van der Waals surface area contributed by atoms with E-state index in [1.54, 1.807) is 44.2 Å². The number of nitrogen functional groups attached to an aromatic ring is 2. The molecule has 0 radical (unpaired) electrons. The van der Waals surface area contributed by atoms with Gasteiger partial charge in [0.1, 0.15) is 5.82 Å². The number of nitrogens with one attached hydrogen (secondary N) is 1. The van der Waals surface area contributed by atoms with Crippen LogP contribution in [0.25, 0.3) is 11.3 Å². The van der Waals surface area contributed by atoms with Crippen molar-refractivity contribution in [1.29, 1.82) is 0 Å². The number of nitrogens with zero attached hydrogens (tertiary/aromatic N) is 2. The summed E-state index contributed by atoms with van der Waals surface area (Å²) in [6.45, 7) is 3.33. The number of anilines is 4. The molecule has 0 amide bonds. The summed E-state index contributed by atoms with van der Waals surface area (Å²) < 4.78 is 25.1. The lowest BCUT2D eigenvalue weighted by Crippen LogP contribution is -2.15. The minimum absolute atomic E-state index is 0.111. The molecule has 8 heteroatoms. The second-order valence-corrected chi connectivity index (χ2v) is 8.80. The molecular weight excluding hydrogens is 362 g/mol. The molecule has 1 heterocycles. The number of aromatic nitrogens is 2. The van der Waals surface area contributed by atoms with Gasteiger partial charge in [-0.25, -0.2) is 13.4 Å². The first kappa shape index (κ1) is 18.7. The van der Waals surface area contributed by atoms with Crippen molar-refractivity contribution in [1.82, 2.24) is 9.97 Å². The fourth-order valence-electron chi connectivity index (χ4n) is 2.58. The molecule has 0 bridgehead atoms. The number of sulfone groups is 1. The molecule has 3 aromatic rings. The highest BCUT2D eigenvalue weighted by atomic mass is 32.2. The molecule has 0 aliphatic carbocycles. The maximum Gasteiger partial charge on any atom is 0.222 e. The Labute approximate surface area is 158 Å². The van der Waals surface area contributed by atoms with Crippen LogP contribution in [-0.4, -0.2) is 23.6 Å². The fraction of sp³-hybridized carbons (Fsp3) is 0.158. The van der Waals surface area contributed by atoms with Crippen LogP contribution in [-0.2, 0) is 9.84 Å². The van der Waals surface area contributed by atoms with Crippen molar-refractivity contribution >= 4 is 33.0 Å². The van der Waals surface area contributed by atoms with Gasteiger partial charge in [-0.2, -0.15) is 4.98 Å². The average Bonchev–Trinajstić information content (AvgIpc) is 2.61. The molecule has 2 aromatic carbocycles. The molecule has 0 aliphatic heterocycles. The Morgan fingerprint density at radius 1 is 0.963 bits per heavy atom. The van der Waals surface area contributed by atoms with Gasteiger partial charge in [-0.15, -0.1) is 0 Å². The van der Waals surface area contributed by atoms with Crippen molar-refractivity contribution in [2.24, 2.45) is 0 Å². The van der Waals surface area contributed by atoms with Crippen molar-refractivity contribution in [3.63, 3.8) is 0 Å². The number of benzene rings is 2. The highest BCUT2D eigenvalue weighted by Crippen LogP contribution is 2.29. The van der Waals surface area contributed by atoms with Gasteiger partial charge >= 0.3 is 0 Å². The highest BCUT2D eigenvalue weighted by Gasteiger charge is 2.22. The van der Waals surface area contributed by atoms with Gasteiger partial charge < -0.3 is 16.8 Å². The summed E-state index contributed by atoms with van der Waals surface area (Å²) in [5.41, 5.74) is 14.1. The Bertz CT molecular complexity index is 1040. The third-order valence-corrected chi connectivity index (χ3v) is 6.25. The zero-order chi connectivity index (χ0) is 19.6. The van der Waals surface area contributed by atoms with Crippen LogP contribution in [0.15, 0.2) is 59.5 Å². The first-order valence-corrected chi connectivity index (χ1v) is 9.92. The van der Waals surface area contributed by atoms with Crippen molar-refractivity contribution in [3.05, 3.63) is 54.6 Å². The standard InChI is InChI=1S/C19H21N5O2S/c1-12(2)27(25,26)17-6-4-3-5-15(17)22-14-9-7-13(8-10-14)16-11-18(20)24-19(21)23-16/h3-12,22H,1-2H3,(H4,20,21,23,24). The zero-order valence-electron chi connectivity index (χ0n) is 15.0. The smallest absolute Gasteiger partial charge is 0.222 e. The minimum atomic E-state index is -3.40. The van der Waals surface area contributed by atoms with E-state index in [0.29, 0.717) is 17.2 Å². The lowest BCUT2D eigenvalue weighted by molar-refractivity contribution is 0.588. The summed E-state index contributed by atoms with van der Waals surface area (Å²) in [6.07, 6.45) is 0. The highest BCUT2D eigenvalue weighted by molar-refractivity contribution is 7.92. The minimum Gasteiger partial charge on any atom is -0.384 e. The van der Waals surface area contributed by atoms with Crippen LogP contribution < -0.4 is 16.8 Å². The van der Waals surface area contributed by atoms with Crippen LogP contribution in [0.4, 0.5) is 23.1 Å². The van der Waals surface area contributed by atoms with E-state index < -0.39 is 15.1 Å². The number of rotatable bonds is 5. The summed E-state index contributed by atoms with van der Waals surface area (Å²) in [4.78, 5) is 8.30. The lowest BCUT2D eigenvalue weighted by Gasteiger charge is -2.14. The van der Waals surface area contributed by atoms with E-state index in [2.05, 4.69) is 15.3 Å². The number of nitrogens with two attached hydrogens (primary N) is 2. The summed E-state index contributed by atoms with van der Waals surface area (Å²) in [5.74, 6) is 0.410. The van der Waals surface area contributed by atoms with E-state index in [0.717, 1.165) is 11.3 Å². The third-order valence-electron chi connectivity index (χ3n) is 4.04. The van der Waals surface area contributed by atoms with Gasteiger partial charge in [0.25, 0.3) is 0 Å². The number of hydrogen-bond acceptors (Lipinski definition) is 7. The van der Waals surface area contributed by atoms with E-state index in [1.807, 2.05) is 24.3 Å². The molecular formula is C19H21N5O2S. The van der Waals surface area contributed by atoms with Gasteiger partial charge in [-0.05, 0) is 38.1 Å². The second kappa shape index (κ2) is 7.24. The largest absolute Gasteiger partial charge is 0.384 e. The fourth-order valence-corrected chi connectivity index (χ4v) is 3.79. The predicted molar refractivity (Wildman–Crippen MR) is 108 cm³/mol. The molecule has 3 rings (SSSR count). The second-order valence-electron chi connectivity index (χ2n) is 6.33. The molecule has 0 fully saturated rings. The van der Waals surface area contributed by atoms with E-state index in [4.69, 9.17) is 11.5 Å². The molecule has 140 valence electrons. The van der Waals surface area contributed by atoms with Crippen LogP contribution >= 0.6 is 0 Å². The SMILES string of the molecule is CC(C)S(=O)(=O)c1ccccc1Nc1ccc(-c2cc(N)nc(N)n2)cc1. The first-order valence-electron chi connectivity index (χ1n) is 8.38. The first-order chi connectivity index (χ1) is 12.8. The number of para-hydroxylation sites is 1. The van der Waals surface area contributed by atoms with Crippen LogP contribution in [0.1, 0.15) is 13.8 Å². The van der Waals surface area contributed by atoms with Crippen LogP contribution in [0.2, 0.25) is 0 Å². The van der Waals surface area contributed by atoms with E-state index in [9.17, 15) is 8.42 Å². The Balaban J connectivity index is 1.90. The molecule has 0 saturated heterocycles. The van der Waals surface area contributed by atoms with E-state index in [1.165, 1.54) is 0 Å². The molecule has 5 N–H and O–H groups in total. The molecule has 1 aromatic heterocycles. The lowest BCUT2D eigenvalue weighted by atomic mass is 10.1. The van der Waals surface area contributed by atoms with E-state index >= 15 is 0 Å². The van der Waals surface area contributed by atoms with Crippen molar-refractivity contribution < 1.29 is 8.42 Å². The van der Waals surface area contributed by atoms with Crippen molar-refractivity contribution in [2.45, 2.75) is 24.0 Å². The third kappa shape index (κ3) is 4.01. The summed E-state index contributed by atoms with van der Waals surface area (Å²) in [5, 5.41) is 2.67. The van der Waals surface area contributed by atoms with E-state index in [-0.39, 0.29) is 10.8 Å². The van der Waals surface area contributed by atoms with Gasteiger partial charge in [-0.1, -0.05) is 24.3 Å². The van der Waals surface area contributed by atoms with Gasteiger partial charge in [0.05, 0.1) is 21.5 Å². The Hall–Kier alpha value is -3.13.